The summed E-state index contributed by atoms with van der Waals surface area (Å²) in [5.74, 6) is -0.382. The highest BCUT2D eigenvalue weighted by atomic mass is 32.2. The molecule has 2 fully saturated rings. The molecule has 2 aliphatic rings. The number of hydrogen-bond donors (Lipinski definition) is 1. The molecule has 3 aromatic rings. The summed E-state index contributed by atoms with van der Waals surface area (Å²) >= 11 is 0.893. The van der Waals surface area contributed by atoms with E-state index in [9.17, 15) is 9.59 Å². The lowest BCUT2D eigenvalue weighted by atomic mass is 10.0. The molecule has 1 aromatic carbocycles. The molecule has 0 radical (unpaired) electrons. The molecule has 162 valence electrons. The Balaban J connectivity index is 1.44. The van der Waals surface area contributed by atoms with Gasteiger partial charge in [-0.15, -0.1) is 0 Å². The molecule has 7 nitrogen and oxygen atoms in total. The van der Waals surface area contributed by atoms with Gasteiger partial charge in [-0.1, -0.05) is 19.1 Å². The zero-order chi connectivity index (χ0) is 22.1. The maximum absolute atomic E-state index is 11.9. The fourth-order valence-electron chi connectivity index (χ4n) is 4.08. The molecule has 0 spiro atoms. The fourth-order valence-corrected chi connectivity index (χ4v) is 4.75. The quantitative estimate of drug-likeness (QED) is 0.613. The third-order valence-electron chi connectivity index (χ3n) is 5.90. The van der Waals surface area contributed by atoms with E-state index in [4.69, 9.17) is 4.98 Å². The number of pyridine rings is 2. The van der Waals surface area contributed by atoms with E-state index in [2.05, 4.69) is 51.3 Å². The van der Waals surface area contributed by atoms with Crippen molar-refractivity contribution in [3.8, 4) is 11.1 Å². The molecule has 8 heteroatoms. The molecule has 0 atom stereocenters. The number of hydrogen-bond acceptors (Lipinski definition) is 7. The third-order valence-corrected chi connectivity index (χ3v) is 6.71. The summed E-state index contributed by atoms with van der Waals surface area (Å²) in [6, 6.07) is 12.3. The van der Waals surface area contributed by atoms with Crippen LogP contribution in [0.15, 0.2) is 53.7 Å². The number of likely N-dealkylation sites (N-methyl/N-ethyl adjacent to an activating group) is 1. The van der Waals surface area contributed by atoms with Crippen molar-refractivity contribution < 1.29 is 9.59 Å². The van der Waals surface area contributed by atoms with Crippen molar-refractivity contribution in [3.63, 3.8) is 0 Å². The van der Waals surface area contributed by atoms with Gasteiger partial charge in [0.05, 0.1) is 16.1 Å². The van der Waals surface area contributed by atoms with Gasteiger partial charge >= 0.3 is 0 Å². The number of carbonyl (C=O) groups is 2. The molecule has 1 N–H and O–H groups in total. The van der Waals surface area contributed by atoms with Gasteiger partial charge in [0.25, 0.3) is 11.1 Å². The molecule has 2 aromatic heterocycles. The van der Waals surface area contributed by atoms with Crippen LogP contribution in [0.25, 0.3) is 28.1 Å². The Morgan fingerprint density at radius 3 is 2.50 bits per heavy atom. The molecule has 2 saturated heterocycles. The van der Waals surface area contributed by atoms with Crippen molar-refractivity contribution in [2.75, 3.05) is 37.6 Å². The molecule has 5 rings (SSSR count). The zero-order valence-electron chi connectivity index (χ0n) is 17.7. The molecule has 0 unspecified atom stereocenters. The lowest BCUT2D eigenvalue weighted by molar-refractivity contribution is -0.115. The smallest absolute Gasteiger partial charge is 0.290 e. The Morgan fingerprint density at radius 2 is 1.81 bits per heavy atom. The van der Waals surface area contributed by atoms with Crippen LogP contribution < -0.4 is 10.2 Å². The Labute approximate surface area is 190 Å². The second kappa shape index (κ2) is 8.72. The maximum Gasteiger partial charge on any atom is 0.290 e. The highest BCUT2D eigenvalue weighted by Gasteiger charge is 2.25. The Bertz CT molecular complexity index is 1220. The van der Waals surface area contributed by atoms with Crippen LogP contribution in [0.5, 0.6) is 0 Å². The average Bonchev–Trinajstić information content (AvgIpc) is 3.15. The summed E-state index contributed by atoms with van der Waals surface area (Å²) in [4.78, 5) is 37.7. The summed E-state index contributed by atoms with van der Waals surface area (Å²) in [6.45, 7) is 7.57. The second-order valence-electron chi connectivity index (χ2n) is 7.82. The summed E-state index contributed by atoms with van der Waals surface area (Å²) in [7, 11) is 0. The van der Waals surface area contributed by atoms with Crippen molar-refractivity contribution in [2.24, 2.45) is 0 Å². The van der Waals surface area contributed by atoms with Crippen LogP contribution in [0.4, 0.5) is 10.5 Å². The number of piperazine rings is 1. The topological polar surface area (TPSA) is 78.4 Å². The minimum absolute atomic E-state index is 0.352. The molecule has 2 amide bonds. The zero-order valence-corrected chi connectivity index (χ0v) is 18.6. The number of carbonyl (C=O) groups excluding carboxylic acids is 2. The third kappa shape index (κ3) is 4.11. The number of thioether (sulfide) groups is 1. The van der Waals surface area contributed by atoms with Gasteiger partial charge in [0.1, 0.15) is 0 Å². The average molecular weight is 446 g/mol. The van der Waals surface area contributed by atoms with Crippen molar-refractivity contribution in [1.82, 2.24) is 20.2 Å². The molecule has 0 bridgehead atoms. The van der Waals surface area contributed by atoms with E-state index in [0.29, 0.717) is 10.6 Å². The first kappa shape index (κ1) is 20.7. The molecular weight excluding hydrogens is 422 g/mol. The molecule has 0 aliphatic carbocycles. The van der Waals surface area contributed by atoms with E-state index in [1.54, 1.807) is 12.3 Å². The molecule has 0 saturated carbocycles. The van der Waals surface area contributed by atoms with Gasteiger partial charge in [-0.3, -0.25) is 19.9 Å². The van der Waals surface area contributed by atoms with Crippen LogP contribution in [-0.4, -0.2) is 58.7 Å². The van der Waals surface area contributed by atoms with Crippen molar-refractivity contribution in [3.05, 3.63) is 59.4 Å². The van der Waals surface area contributed by atoms with Gasteiger partial charge in [-0.05, 0) is 54.2 Å². The van der Waals surface area contributed by atoms with Crippen LogP contribution in [0.1, 0.15) is 12.6 Å². The van der Waals surface area contributed by atoms with Gasteiger partial charge in [0, 0.05) is 55.2 Å². The number of nitrogens with zero attached hydrogens (tertiary/aromatic N) is 4. The molecule has 4 heterocycles. The second-order valence-corrected chi connectivity index (χ2v) is 8.83. The van der Waals surface area contributed by atoms with E-state index >= 15 is 0 Å². The lowest BCUT2D eigenvalue weighted by Crippen LogP contribution is -2.46. The largest absolute Gasteiger partial charge is 0.369 e. The summed E-state index contributed by atoms with van der Waals surface area (Å²) < 4.78 is 0. The minimum Gasteiger partial charge on any atom is -0.369 e. The number of fused-ring (bicyclic) bond motifs is 1. The van der Waals surface area contributed by atoms with E-state index < -0.39 is 0 Å². The molecular formula is C24H23N5O2S. The van der Waals surface area contributed by atoms with Crippen LogP contribution in [0, 0.1) is 0 Å². The van der Waals surface area contributed by atoms with Crippen LogP contribution in [0.3, 0.4) is 0 Å². The van der Waals surface area contributed by atoms with Gasteiger partial charge in [-0.25, -0.2) is 4.98 Å². The van der Waals surface area contributed by atoms with E-state index in [1.807, 2.05) is 18.3 Å². The minimum atomic E-state index is -0.382. The highest BCUT2D eigenvalue weighted by Crippen LogP contribution is 2.30. The number of nitrogens with one attached hydrogen (secondary N) is 1. The lowest BCUT2D eigenvalue weighted by Gasteiger charge is -2.35. The van der Waals surface area contributed by atoms with Crippen LogP contribution in [0.2, 0.25) is 0 Å². The standard InChI is InChI=1S/C24H23N5O2S/c1-2-28-9-11-29(12-10-28)19-7-4-16(5-8-19)20-15-25-14-17-3-6-18(26-22(17)20)13-21-23(30)27-24(31)32-21/h3-8,13-15H,2,9-12H2,1H3,(H,27,30,31). The van der Waals surface area contributed by atoms with Crippen molar-refractivity contribution in [1.29, 1.82) is 0 Å². The van der Waals surface area contributed by atoms with Gasteiger partial charge in [0.15, 0.2) is 0 Å². The number of anilines is 1. The number of rotatable bonds is 4. The monoisotopic (exact) mass is 445 g/mol. The highest BCUT2D eigenvalue weighted by molar-refractivity contribution is 8.18. The number of aromatic nitrogens is 2. The van der Waals surface area contributed by atoms with Crippen molar-refractivity contribution >= 4 is 45.6 Å². The van der Waals surface area contributed by atoms with Crippen LogP contribution in [-0.2, 0) is 4.79 Å². The Kier molecular flexibility index (Phi) is 5.63. The van der Waals surface area contributed by atoms with Gasteiger partial charge in [-0.2, -0.15) is 0 Å². The van der Waals surface area contributed by atoms with Crippen LogP contribution >= 0.6 is 11.8 Å². The first-order valence-electron chi connectivity index (χ1n) is 10.7. The van der Waals surface area contributed by atoms with E-state index in [-0.39, 0.29) is 11.1 Å². The number of amides is 2. The fraction of sp³-hybridized carbons (Fsp3) is 0.250. The van der Waals surface area contributed by atoms with E-state index in [0.717, 1.165) is 66.5 Å². The molecule has 2 aliphatic heterocycles. The van der Waals surface area contributed by atoms with Gasteiger partial charge < -0.3 is 9.80 Å². The van der Waals surface area contributed by atoms with Crippen molar-refractivity contribution in [2.45, 2.75) is 6.92 Å². The molecule has 32 heavy (non-hydrogen) atoms. The number of imide groups is 1. The Hall–Kier alpha value is -3.23. The Morgan fingerprint density at radius 1 is 1.03 bits per heavy atom. The number of benzene rings is 1. The van der Waals surface area contributed by atoms with E-state index in [1.165, 1.54) is 5.69 Å². The summed E-state index contributed by atoms with van der Waals surface area (Å²) in [6.07, 6.45) is 5.25. The first-order valence-corrected chi connectivity index (χ1v) is 11.5. The maximum atomic E-state index is 11.9. The summed E-state index contributed by atoms with van der Waals surface area (Å²) in [5.41, 5.74) is 4.64. The predicted molar refractivity (Wildman–Crippen MR) is 128 cm³/mol. The normalized spacial score (nSPS) is 18.5. The summed E-state index contributed by atoms with van der Waals surface area (Å²) in [5, 5.41) is 2.83. The predicted octanol–water partition coefficient (Wildman–Crippen LogP) is 3.76. The van der Waals surface area contributed by atoms with Gasteiger partial charge in [0.2, 0.25) is 0 Å². The first-order chi connectivity index (χ1) is 15.6. The SMILES string of the molecule is CCN1CCN(c2ccc(-c3cncc4ccc(C=C5SC(=O)NC5=O)nc34)cc2)CC1.